The molecular weight excluding hydrogens is 426 g/mol. The summed E-state index contributed by atoms with van der Waals surface area (Å²) in [5.41, 5.74) is 1.22. The van der Waals surface area contributed by atoms with Crippen molar-refractivity contribution in [2.75, 3.05) is 19.8 Å². The number of hydrogen-bond acceptors (Lipinski definition) is 4. The Morgan fingerprint density at radius 1 is 0.848 bits per heavy atom. The van der Waals surface area contributed by atoms with Crippen LogP contribution in [0.3, 0.4) is 0 Å². The molecule has 1 aromatic rings. The molecule has 0 bridgehead atoms. The Morgan fingerprint density at radius 3 is 2.00 bits per heavy atom. The van der Waals surface area contributed by atoms with Gasteiger partial charge in [0, 0.05) is 24.3 Å². The summed E-state index contributed by atoms with van der Waals surface area (Å²) in [7, 11) is -1.44. The number of unbranched alkanes of at least 4 members (excludes halogenated alkanes) is 2. The van der Waals surface area contributed by atoms with E-state index in [9.17, 15) is 0 Å². The number of ether oxygens (including phenoxy) is 1. The van der Waals surface area contributed by atoms with Gasteiger partial charge in [-0.15, -0.1) is 0 Å². The van der Waals surface area contributed by atoms with Crippen LogP contribution in [0.4, 0.5) is 0 Å². The third-order valence-corrected chi connectivity index (χ3v) is 12.3. The van der Waals surface area contributed by atoms with Crippen LogP contribution in [0.25, 0.3) is 0 Å². The van der Waals surface area contributed by atoms with E-state index in [1.165, 1.54) is 30.1 Å². The fourth-order valence-corrected chi connectivity index (χ4v) is 7.95. The molecule has 4 nitrogen and oxygen atoms in total. The first-order chi connectivity index (χ1) is 15.7. The molecule has 1 fully saturated rings. The van der Waals surface area contributed by atoms with Gasteiger partial charge in [-0.05, 0) is 89.9 Å². The van der Waals surface area contributed by atoms with Crippen molar-refractivity contribution in [2.45, 2.75) is 122 Å². The van der Waals surface area contributed by atoms with Gasteiger partial charge in [0.2, 0.25) is 0 Å². The van der Waals surface area contributed by atoms with E-state index in [1.807, 2.05) is 0 Å². The number of nitrogens with zero attached hydrogens (tertiary/aromatic N) is 1. The van der Waals surface area contributed by atoms with Gasteiger partial charge in [-0.2, -0.15) is 5.06 Å². The Kier molecular flexibility index (Phi) is 11.6. The molecule has 1 heterocycles. The van der Waals surface area contributed by atoms with Crippen LogP contribution in [0.2, 0.25) is 18.1 Å². The highest BCUT2D eigenvalue weighted by atomic mass is 28.4. The van der Waals surface area contributed by atoms with Crippen molar-refractivity contribution in [3.63, 3.8) is 0 Å². The van der Waals surface area contributed by atoms with E-state index in [0.717, 1.165) is 45.3 Å². The van der Waals surface area contributed by atoms with Gasteiger partial charge in [0.1, 0.15) is 6.10 Å². The number of hydroxylamine groups is 2. The fourth-order valence-electron chi connectivity index (χ4n) is 5.26. The first-order valence-corrected chi connectivity index (χ1v) is 16.0. The number of hydrogen-bond donors (Lipinski definition) is 0. The van der Waals surface area contributed by atoms with Gasteiger partial charge in [0.15, 0.2) is 8.32 Å². The Morgan fingerprint density at radius 2 is 1.42 bits per heavy atom. The van der Waals surface area contributed by atoms with Crippen molar-refractivity contribution in [3.8, 4) is 0 Å². The predicted molar refractivity (Wildman–Crippen MR) is 142 cm³/mol. The van der Waals surface area contributed by atoms with Crippen molar-refractivity contribution in [3.05, 3.63) is 35.9 Å². The van der Waals surface area contributed by atoms with Crippen molar-refractivity contribution in [1.29, 1.82) is 0 Å². The summed E-state index contributed by atoms with van der Waals surface area (Å²) in [4.78, 5) is 6.72. The van der Waals surface area contributed by atoms with Gasteiger partial charge < -0.3 is 9.16 Å². The van der Waals surface area contributed by atoms with Gasteiger partial charge in [-0.25, -0.2) is 0 Å². The average molecular weight is 478 g/mol. The number of rotatable bonds is 15. The quantitative estimate of drug-likeness (QED) is 0.190. The Hall–Kier alpha value is -0.723. The van der Waals surface area contributed by atoms with E-state index < -0.39 is 8.32 Å². The normalized spacial score (nSPS) is 19.5. The van der Waals surface area contributed by atoms with E-state index in [2.05, 4.69) is 83.9 Å². The second-order valence-corrected chi connectivity index (χ2v) is 15.8. The minimum atomic E-state index is -1.44. The molecule has 0 amide bonds. The lowest BCUT2D eigenvalue weighted by Gasteiger charge is -2.52. The second-order valence-electron chi connectivity index (χ2n) is 11.0. The monoisotopic (exact) mass is 477 g/mol. The van der Waals surface area contributed by atoms with Crippen LogP contribution < -0.4 is 0 Å². The standard InChI is InChI=1S/C28H51NO3Si/c1-8-33(9-2,10-3)31-23-16-12-15-22-30-24-26(25-18-13-11-14-19-25)32-29-27(4,5)20-17-21-28(29,6)7/h11,13-14,18-19,26H,8-10,12,15-17,20-24H2,1-7H3. The summed E-state index contributed by atoms with van der Waals surface area (Å²) in [6.45, 7) is 18.4. The van der Waals surface area contributed by atoms with Gasteiger partial charge in [0.25, 0.3) is 0 Å². The molecule has 190 valence electrons. The van der Waals surface area contributed by atoms with Crippen LogP contribution in [0, 0.1) is 0 Å². The van der Waals surface area contributed by atoms with Gasteiger partial charge >= 0.3 is 0 Å². The summed E-state index contributed by atoms with van der Waals surface area (Å²) in [5, 5.41) is 2.26. The maximum atomic E-state index is 6.72. The molecule has 5 heteroatoms. The molecule has 1 aliphatic heterocycles. The molecule has 0 aromatic heterocycles. The average Bonchev–Trinajstić information content (AvgIpc) is 2.79. The van der Waals surface area contributed by atoms with Gasteiger partial charge in [0.05, 0.1) is 6.61 Å². The Labute approximate surface area is 205 Å². The SMILES string of the molecule is CC[Si](CC)(CC)OCCCCCOCC(ON1C(C)(C)CCCC1(C)C)c1ccccc1. The van der Waals surface area contributed by atoms with Crippen LogP contribution in [0.5, 0.6) is 0 Å². The molecule has 0 N–H and O–H groups in total. The lowest BCUT2D eigenvalue weighted by Crippen LogP contribution is -2.58. The summed E-state index contributed by atoms with van der Waals surface area (Å²) in [6.07, 6.45) is 6.82. The molecule has 1 unspecified atom stereocenters. The first-order valence-electron chi connectivity index (χ1n) is 13.4. The van der Waals surface area contributed by atoms with Crippen LogP contribution in [-0.4, -0.2) is 44.3 Å². The number of benzene rings is 1. The maximum Gasteiger partial charge on any atom is 0.191 e. The van der Waals surface area contributed by atoms with Crippen molar-refractivity contribution in [1.82, 2.24) is 5.06 Å². The van der Waals surface area contributed by atoms with E-state index in [-0.39, 0.29) is 17.2 Å². The summed E-state index contributed by atoms with van der Waals surface area (Å²) in [5.74, 6) is 0. The van der Waals surface area contributed by atoms with E-state index in [4.69, 9.17) is 14.0 Å². The van der Waals surface area contributed by atoms with Crippen molar-refractivity contribution < 1.29 is 14.0 Å². The Bertz CT molecular complexity index is 636. The zero-order chi connectivity index (χ0) is 24.4. The molecule has 0 spiro atoms. The summed E-state index contributed by atoms with van der Waals surface area (Å²) < 4.78 is 12.5. The molecule has 0 radical (unpaired) electrons. The van der Waals surface area contributed by atoms with E-state index in [0.29, 0.717) is 6.61 Å². The summed E-state index contributed by atoms with van der Waals surface area (Å²) >= 11 is 0. The smallest absolute Gasteiger partial charge is 0.191 e. The van der Waals surface area contributed by atoms with E-state index >= 15 is 0 Å². The van der Waals surface area contributed by atoms with Gasteiger partial charge in [-0.1, -0.05) is 51.1 Å². The lowest BCUT2D eigenvalue weighted by atomic mass is 9.82. The maximum absolute atomic E-state index is 6.72. The molecule has 1 aromatic carbocycles. The van der Waals surface area contributed by atoms with Gasteiger partial charge in [-0.3, -0.25) is 4.84 Å². The molecule has 2 rings (SSSR count). The topological polar surface area (TPSA) is 30.9 Å². The third kappa shape index (κ3) is 8.46. The predicted octanol–water partition coefficient (Wildman–Crippen LogP) is 7.91. The molecular formula is C28H51NO3Si. The zero-order valence-corrected chi connectivity index (χ0v) is 23.6. The first kappa shape index (κ1) is 28.5. The summed E-state index contributed by atoms with van der Waals surface area (Å²) in [6, 6.07) is 14.2. The van der Waals surface area contributed by atoms with Crippen LogP contribution >= 0.6 is 0 Å². The van der Waals surface area contributed by atoms with E-state index in [1.54, 1.807) is 0 Å². The highest BCUT2D eigenvalue weighted by Crippen LogP contribution is 2.40. The molecule has 0 saturated carbocycles. The number of piperidine rings is 1. The largest absolute Gasteiger partial charge is 0.417 e. The minimum Gasteiger partial charge on any atom is -0.417 e. The Balaban J connectivity index is 1.83. The van der Waals surface area contributed by atoms with Crippen molar-refractivity contribution >= 4 is 8.32 Å². The van der Waals surface area contributed by atoms with Crippen LogP contribution in [0.1, 0.15) is 98.7 Å². The lowest BCUT2D eigenvalue weighted by molar-refractivity contribution is -0.312. The highest BCUT2D eigenvalue weighted by Gasteiger charge is 2.43. The molecule has 1 aliphatic rings. The highest BCUT2D eigenvalue weighted by molar-refractivity contribution is 6.73. The zero-order valence-electron chi connectivity index (χ0n) is 22.6. The van der Waals surface area contributed by atoms with Crippen molar-refractivity contribution in [2.24, 2.45) is 0 Å². The molecule has 1 saturated heterocycles. The van der Waals surface area contributed by atoms with Crippen LogP contribution in [0.15, 0.2) is 30.3 Å². The third-order valence-electron chi connectivity index (χ3n) is 7.62. The fraction of sp³-hybridized carbons (Fsp3) is 0.786. The second kappa shape index (κ2) is 13.4. The minimum absolute atomic E-state index is 0.0166. The van der Waals surface area contributed by atoms with Crippen LogP contribution in [-0.2, 0) is 14.0 Å². The molecule has 0 aliphatic carbocycles. The molecule has 33 heavy (non-hydrogen) atoms. The molecule has 1 atom stereocenters.